The Kier molecular flexibility index (Phi) is 5.71. The summed E-state index contributed by atoms with van der Waals surface area (Å²) in [5.41, 5.74) is 1.12. The molecule has 1 aromatic carbocycles. The van der Waals surface area contributed by atoms with Gasteiger partial charge >= 0.3 is 0 Å². The molecule has 2 amide bonds. The molecule has 0 radical (unpaired) electrons. The van der Waals surface area contributed by atoms with Crippen LogP contribution in [0.4, 0.5) is 5.69 Å². The molecule has 0 unspecified atom stereocenters. The molecule has 0 bridgehead atoms. The van der Waals surface area contributed by atoms with Gasteiger partial charge in [-0.15, -0.1) is 11.3 Å². The van der Waals surface area contributed by atoms with Crippen molar-refractivity contribution in [3.63, 3.8) is 0 Å². The van der Waals surface area contributed by atoms with Gasteiger partial charge in [0.15, 0.2) is 9.84 Å². The zero-order valence-electron chi connectivity index (χ0n) is 15.9. The summed E-state index contributed by atoms with van der Waals surface area (Å²) in [5, 5.41) is 4.67. The number of piperazine rings is 1. The van der Waals surface area contributed by atoms with Gasteiger partial charge in [0.25, 0.3) is 11.8 Å². The molecule has 1 N–H and O–H groups in total. The number of carbonyl (C=O) groups excluding carboxylic acids is 2. The summed E-state index contributed by atoms with van der Waals surface area (Å²) >= 11 is 1.36. The van der Waals surface area contributed by atoms with Gasteiger partial charge < -0.3 is 10.2 Å². The van der Waals surface area contributed by atoms with Gasteiger partial charge in [-0.05, 0) is 36.1 Å². The Morgan fingerprint density at radius 2 is 1.86 bits per heavy atom. The van der Waals surface area contributed by atoms with Crippen molar-refractivity contribution in [2.45, 2.75) is 12.5 Å². The molecule has 1 aromatic heterocycles. The third-order valence-electron chi connectivity index (χ3n) is 5.44. The van der Waals surface area contributed by atoms with E-state index in [-0.39, 0.29) is 29.4 Å². The Hall–Kier alpha value is -2.23. The summed E-state index contributed by atoms with van der Waals surface area (Å²) in [7, 11) is -2.90. The molecule has 0 aliphatic carbocycles. The normalized spacial score (nSPS) is 21.8. The average molecular weight is 434 g/mol. The Morgan fingerprint density at radius 1 is 1.07 bits per heavy atom. The molecule has 0 saturated carbocycles. The summed E-state index contributed by atoms with van der Waals surface area (Å²) in [6, 6.07) is 10.6. The van der Waals surface area contributed by atoms with Crippen LogP contribution in [0, 0.1) is 0 Å². The first-order valence-corrected chi connectivity index (χ1v) is 12.3. The highest BCUT2D eigenvalue weighted by molar-refractivity contribution is 7.91. The molecule has 2 aliphatic rings. The van der Waals surface area contributed by atoms with E-state index in [1.807, 2.05) is 11.4 Å². The second-order valence-corrected chi connectivity index (χ2v) is 10.6. The first kappa shape index (κ1) is 20.1. The fourth-order valence-electron chi connectivity index (χ4n) is 3.87. The SMILES string of the molecule is O=C(Nc1cccc(C(=O)N2CCN([C@@H]3CCS(=O)(=O)C3)CC2)c1)c1cccs1. The molecule has 154 valence electrons. The van der Waals surface area contributed by atoms with E-state index in [4.69, 9.17) is 0 Å². The number of sulfone groups is 1. The lowest BCUT2D eigenvalue weighted by Gasteiger charge is -2.37. The Labute approximate surface area is 174 Å². The van der Waals surface area contributed by atoms with Gasteiger partial charge in [0.1, 0.15) is 0 Å². The number of amides is 2. The minimum absolute atomic E-state index is 0.0732. The lowest BCUT2D eigenvalue weighted by Crippen LogP contribution is -2.52. The van der Waals surface area contributed by atoms with E-state index in [0.717, 1.165) is 0 Å². The summed E-state index contributed by atoms with van der Waals surface area (Å²) in [6.07, 6.45) is 0.683. The quantitative estimate of drug-likeness (QED) is 0.796. The second kappa shape index (κ2) is 8.25. The lowest BCUT2D eigenvalue weighted by atomic mass is 10.1. The summed E-state index contributed by atoms with van der Waals surface area (Å²) in [6.45, 7) is 2.50. The van der Waals surface area contributed by atoms with Crippen molar-refractivity contribution in [3.05, 3.63) is 52.2 Å². The average Bonchev–Trinajstić information content (AvgIpc) is 3.37. The number of anilines is 1. The second-order valence-electron chi connectivity index (χ2n) is 7.40. The predicted octanol–water partition coefficient (Wildman–Crippen LogP) is 1.95. The number of benzene rings is 1. The van der Waals surface area contributed by atoms with Crippen LogP contribution < -0.4 is 5.32 Å². The first-order chi connectivity index (χ1) is 13.9. The fourth-order valence-corrected chi connectivity index (χ4v) is 6.25. The highest BCUT2D eigenvalue weighted by atomic mass is 32.2. The van der Waals surface area contributed by atoms with Gasteiger partial charge in [0.05, 0.1) is 16.4 Å². The highest BCUT2D eigenvalue weighted by Crippen LogP contribution is 2.21. The van der Waals surface area contributed by atoms with Crippen LogP contribution in [-0.4, -0.2) is 73.8 Å². The van der Waals surface area contributed by atoms with Crippen LogP contribution in [0.5, 0.6) is 0 Å². The molecule has 0 spiro atoms. The number of hydrogen-bond acceptors (Lipinski definition) is 6. The van der Waals surface area contributed by atoms with E-state index in [9.17, 15) is 18.0 Å². The van der Waals surface area contributed by atoms with Crippen molar-refractivity contribution in [2.75, 3.05) is 43.0 Å². The molecular formula is C20H23N3O4S2. The molecule has 1 atom stereocenters. The molecule has 2 saturated heterocycles. The molecule has 2 aromatic rings. The zero-order chi connectivity index (χ0) is 20.4. The number of carbonyl (C=O) groups is 2. The highest BCUT2D eigenvalue weighted by Gasteiger charge is 2.34. The molecule has 4 rings (SSSR count). The van der Waals surface area contributed by atoms with Gasteiger partial charge in [-0.25, -0.2) is 8.42 Å². The third-order valence-corrected chi connectivity index (χ3v) is 8.06. The molecular weight excluding hydrogens is 410 g/mol. The van der Waals surface area contributed by atoms with Gasteiger partial charge in [0.2, 0.25) is 0 Å². The molecule has 3 heterocycles. The van der Waals surface area contributed by atoms with Gasteiger partial charge in [-0.2, -0.15) is 0 Å². The van der Waals surface area contributed by atoms with Crippen molar-refractivity contribution >= 4 is 38.7 Å². The molecule has 7 nitrogen and oxygen atoms in total. The van der Waals surface area contributed by atoms with Crippen LogP contribution in [0.25, 0.3) is 0 Å². The first-order valence-electron chi connectivity index (χ1n) is 9.60. The third kappa shape index (κ3) is 4.68. The van der Waals surface area contributed by atoms with E-state index >= 15 is 0 Å². The van der Waals surface area contributed by atoms with Gasteiger partial charge in [-0.3, -0.25) is 14.5 Å². The van der Waals surface area contributed by atoms with Crippen LogP contribution in [0.1, 0.15) is 26.5 Å². The van der Waals surface area contributed by atoms with Crippen LogP contribution in [0.3, 0.4) is 0 Å². The smallest absolute Gasteiger partial charge is 0.265 e. The summed E-state index contributed by atoms with van der Waals surface area (Å²) < 4.78 is 23.4. The van der Waals surface area contributed by atoms with E-state index in [1.165, 1.54) is 11.3 Å². The van der Waals surface area contributed by atoms with Crippen LogP contribution in [0.15, 0.2) is 41.8 Å². The Bertz CT molecular complexity index is 996. The predicted molar refractivity (Wildman–Crippen MR) is 113 cm³/mol. The van der Waals surface area contributed by atoms with E-state index < -0.39 is 9.84 Å². The fraction of sp³-hybridized carbons (Fsp3) is 0.400. The van der Waals surface area contributed by atoms with Crippen molar-refractivity contribution in [2.24, 2.45) is 0 Å². The number of nitrogens with one attached hydrogen (secondary N) is 1. The van der Waals surface area contributed by atoms with E-state index in [1.54, 1.807) is 35.2 Å². The van der Waals surface area contributed by atoms with Crippen molar-refractivity contribution < 1.29 is 18.0 Å². The minimum atomic E-state index is -2.90. The largest absolute Gasteiger partial charge is 0.336 e. The number of nitrogens with zero attached hydrogens (tertiary/aromatic N) is 2. The van der Waals surface area contributed by atoms with Gasteiger partial charge in [0, 0.05) is 43.5 Å². The topological polar surface area (TPSA) is 86.8 Å². The van der Waals surface area contributed by atoms with Crippen molar-refractivity contribution in [3.8, 4) is 0 Å². The Balaban J connectivity index is 1.36. The maximum atomic E-state index is 12.9. The van der Waals surface area contributed by atoms with Gasteiger partial charge in [-0.1, -0.05) is 12.1 Å². The number of thiophene rings is 1. The maximum absolute atomic E-state index is 12.9. The van der Waals surface area contributed by atoms with Crippen LogP contribution >= 0.6 is 11.3 Å². The number of rotatable bonds is 4. The van der Waals surface area contributed by atoms with E-state index in [0.29, 0.717) is 48.7 Å². The van der Waals surface area contributed by atoms with Crippen LogP contribution in [0.2, 0.25) is 0 Å². The van der Waals surface area contributed by atoms with E-state index in [2.05, 4.69) is 10.2 Å². The summed E-state index contributed by atoms with van der Waals surface area (Å²) in [5.74, 6) is 0.230. The zero-order valence-corrected chi connectivity index (χ0v) is 17.5. The van der Waals surface area contributed by atoms with Crippen LogP contribution in [-0.2, 0) is 9.84 Å². The molecule has 29 heavy (non-hydrogen) atoms. The van der Waals surface area contributed by atoms with Crippen molar-refractivity contribution in [1.29, 1.82) is 0 Å². The monoisotopic (exact) mass is 433 g/mol. The standard InChI is InChI=1S/C20H23N3O4S2/c24-19(18-5-2-11-28-18)21-16-4-1-3-15(13-16)20(25)23-9-7-22(8-10-23)17-6-12-29(26,27)14-17/h1-5,11,13,17H,6-10,12,14H2,(H,21,24)/t17-/m1/s1. The minimum Gasteiger partial charge on any atom is -0.336 e. The Morgan fingerprint density at radius 3 is 2.52 bits per heavy atom. The molecule has 9 heteroatoms. The van der Waals surface area contributed by atoms with Crippen molar-refractivity contribution in [1.82, 2.24) is 9.80 Å². The number of hydrogen-bond donors (Lipinski definition) is 1. The lowest BCUT2D eigenvalue weighted by molar-refractivity contribution is 0.0587. The maximum Gasteiger partial charge on any atom is 0.265 e. The molecule has 2 aliphatic heterocycles. The molecule has 2 fully saturated rings. The summed E-state index contributed by atoms with van der Waals surface area (Å²) in [4.78, 5) is 29.7.